The molecule has 7 nitrogen and oxygen atoms in total. The van der Waals surface area contributed by atoms with Crippen molar-refractivity contribution in [2.45, 2.75) is 52.4 Å². The fourth-order valence-corrected chi connectivity index (χ4v) is 3.26. The second kappa shape index (κ2) is 7.14. The fourth-order valence-electron chi connectivity index (χ4n) is 3.26. The van der Waals surface area contributed by atoms with Crippen molar-refractivity contribution in [3.05, 3.63) is 51.9 Å². The predicted molar refractivity (Wildman–Crippen MR) is 101 cm³/mol. The average Bonchev–Trinajstić information content (AvgIpc) is 2.89. The molecular weight excluding hydrogens is 364 g/mol. The molecule has 2 heterocycles. The molecule has 1 aromatic heterocycles. The molecule has 7 heteroatoms. The van der Waals surface area contributed by atoms with Gasteiger partial charge in [-0.3, -0.25) is 4.79 Å². The van der Waals surface area contributed by atoms with Gasteiger partial charge in [0.2, 0.25) is 0 Å². The van der Waals surface area contributed by atoms with Crippen molar-refractivity contribution < 1.29 is 28.2 Å². The maximum atomic E-state index is 12.3. The summed E-state index contributed by atoms with van der Waals surface area (Å²) < 4.78 is 22.3. The number of ether oxygens (including phenoxy) is 3. The lowest BCUT2D eigenvalue weighted by Crippen LogP contribution is -2.46. The Morgan fingerprint density at radius 3 is 2.50 bits per heavy atom. The number of carbonyl (C=O) groups is 2. The van der Waals surface area contributed by atoms with E-state index < -0.39 is 35.4 Å². The summed E-state index contributed by atoms with van der Waals surface area (Å²) in [6.07, 6.45) is -0.193. The van der Waals surface area contributed by atoms with E-state index in [2.05, 4.69) is 0 Å². The zero-order chi connectivity index (χ0) is 20.6. The predicted octanol–water partition coefficient (Wildman–Crippen LogP) is 3.45. The number of rotatable bonds is 4. The van der Waals surface area contributed by atoms with Gasteiger partial charge < -0.3 is 18.6 Å². The highest BCUT2D eigenvalue weighted by molar-refractivity contribution is 5.84. The van der Waals surface area contributed by atoms with E-state index in [-0.39, 0.29) is 0 Å². The minimum absolute atomic E-state index is 0.353. The molecule has 1 aliphatic heterocycles. The SMILES string of the molecule is CC(=O)OC(C)(C)C1Oc2cc3oc(=O)ccc3cc2C1OC(=O)C=C(C)C. The quantitative estimate of drug-likeness (QED) is 0.451. The molecule has 0 amide bonds. The summed E-state index contributed by atoms with van der Waals surface area (Å²) in [6, 6.07) is 6.27. The Morgan fingerprint density at radius 2 is 1.86 bits per heavy atom. The van der Waals surface area contributed by atoms with Crippen molar-refractivity contribution in [2.24, 2.45) is 0 Å². The third-order valence-electron chi connectivity index (χ3n) is 4.33. The van der Waals surface area contributed by atoms with Crippen molar-refractivity contribution in [1.82, 2.24) is 0 Å². The van der Waals surface area contributed by atoms with Gasteiger partial charge in [0, 0.05) is 36.1 Å². The van der Waals surface area contributed by atoms with Crippen LogP contribution in [0.15, 0.2) is 45.1 Å². The van der Waals surface area contributed by atoms with Crippen LogP contribution in [0.4, 0.5) is 0 Å². The van der Waals surface area contributed by atoms with Crippen molar-refractivity contribution >= 4 is 22.9 Å². The van der Waals surface area contributed by atoms with Gasteiger partial charge in [-0.15, -0.1) is 0 Å². The number of hydrogen-bond donors (Lipinski definition) is 0. The van der Waals surface area contributed by atoms with Gasteiger partial charge in [-0.1, -0.05) is 5.57 Å². The molecule has 0 saturated heterocycles. The smallest absolute Gasteiger partial charge is 0.336 e. The normalized spacial score (nSPS) is 18.2. The van der Waals surface area contributed by atoms with Crippen LogP contribution in [0.1, 0.15) is 46.3 Å². The topological polar surface area (TPSA) is 92.0 Å². The van der Waals surface area contributed by atoms with E-state index in [1.807, 2.05) is 0 Å². The maximum Gasteiger partial charge on any atom is 0.336 e. The Bertz CT molecular complexity index is 1020. The highest BCUT2D eigenvalue weighted by atomic mass is 16.6. The first kappa shape index (κ1) is 19.7. The number of esters is 2. The van der Waals surface area contributed by atoms with E-state index in [0.717, 1.165) is 5.57 Å². The molecule has 0 radical (unpaired) electrons. The number of benzene rings is 1. The van der Waals surface area contributed by atoms with Crippen molar-refractivity contribution in [3.63, 3.8) is 0 Å². The molecule has 2 atom stereocenters. The van der Waals surface area contributed by atoms with Crippen LogP contribution in [0.2, 0.25) is 0 Å². The minimum Gasteiger partial charge on any atom is -0.481 e. The zero-order valence-corrected chi connectivity index (χ0v) is 16.4. The van der Waals surface area contributed by atoms with Gasteiger partial charge in [0.15, 0.2) is 12.2 Å². The molecule has 148 valence electrons. The standard InChI is InChI=1S/C21H22O7/c1-11(2)8-18(24)27-19-14-9-13-6-7-17(23)25-15(13)10-16(14)26-20(19)21(4,5)28-12(3)22/h6-10,19-20H,1-5H3. The number of carbonyl (C=O) groups excluding carboxylic acids is 2. The van der Waals surface area contributed by atoms with Crippen LogP contribution in [0.25, 0.3) is 11.0 Å². The first-order chi connectivity index (χ1) is 13.1. The Hall–Kier alpha value is -3.09. The molecule has 3 rings (SSSR count). The van der Waals surface area contributed by atoms with Crippen LogP contribution in [0.3, 0.4) is 0 Å². The van der Waals surface area contributed by atoms with E-state index in [9.17, 15) is 14.4 Å². The van der Waals surface area contributed by atoms with Crippen molar-refractivity contribution in [3.8, 4) is 5.75 Å². The second-order valence-electron chi connectivity index (χ2n) is 7.50. The molecule has 0 spiro atoms. The first-order valence-corrected chi connectivity index (χ1v) is 8.86. The molecule has 0 bridgehead atoms. The van der Waals surface area contributed by atoms with Crippen LogP contribution in [0.5, 0.6) is 5.75 Å². The molecule has 0 fully saturated rings. The van der Waals surface area contributed by atoms with Crippen LogP contribution in [0, 0.1) is 0 Å². The summed E-state index contributed by atoms with van der Waals surface area (Å²) in [6.45, 7) is 8.25. The van der Waals surface area contributed by atoms with E-state index in [1.165, 1.54) is 19.1 Å². The van der Waals surface area contributed by atoms with Gasteiger partial charge in [0.25, 0.3) is 0 Å². The van der Waals surface area contributed by atoms with Gasteiger partial charge in [0.1, 0.15) is 16.9 Å². The molecule has 0 aliphatic carbocycles. The minimum atomic E-state index is -1.08. The Kier molecular flexibility index (Phi) is 5.02. The molecule has 0 saturated carbocycles. The van der Waals surface area contributed by atoms with Gasteiger partial charge in [0.05, 0.1) is 0 Å². The number of allylic oxidation sites excluding steroid dienone is 1. The molecule has 1 aliphatic rings. The second-order valence-corrected chi connectivity index (χ2v) is 7.50. The summed E-state index contributed by atoms with van der Waals surface area (Å²) in [7, 11) is 0. The van der Waals surface area contributed by atoms with E-state index in [0.29, 0.717) is 22.3 Å². The average molecular weight is 386 g/mol. The highest BCUT2D eigenvalue weighted by Crippen LogP contribution is 2.45. The largest absolute Gasteiger partial charge is 0.481 e. The molecule has 28 heavy (non-hydrogen) atoms. The Morgan fingerprint density at radius 1 is 1.14 bits per heavy atom. The Labute approximate surface area is 161 Å². The van der Waals surface area contributed by atoms with E-state index >= 15 is 0 Å². The summed E-state index contributed by atoms with van der Waals surface area (Å²) in [5, 5.41) is 0.663. The maximum absolute atomic E-state index is 12.3. The molecule has 1 aromatic carbocycles. The van der Waals surface area contributed by atoms with Gasteiger partial charge in [-0.2, -0.15) is 0 Å². The molecule has 2 unspecified atom stereocenters. The number of fused-ring (bicyclic) bond motifs is 2. The summed E-state index contributed by atoms with van der Waals surface area (Å²) in [4.78, 5) is 35.3. The van der Waals surface area contributed by atoms with Crippen LogP contribution >= 0.6 is 0 Å². The van der Waals surface area contributed by atoms with Crippen molar-refractivity contribution in [2.75, 3.05) is 0 Å². The molecule has 2 aromatic rings. The highest BCUT2D eigenvalue weighted by Gasteiger charge is 2.48. The van der Waals surface area contributed by atoms with Gasteiger partial charge in [-0.05, 0) is 39.8 Å². The lowest BCUT2D eigenvalue weighted by molar-refractivity contribution is -0.173. The first-order valence-electron chi connectivity index (χ1n) is 8.86. The molecule has 0 N–H and O–H groups in total. The lowest BCUT2D eigenvalue weighted by atomic mass is 9.93. The van der Waals surface area contributed by atoms with E-state index in [4.69, 9.17) is 18.6 Å². The number of hydrogen-bond acceptors (Lipinski definition) is 7. The third kappa shape index (κ3) is 3.93. The van der Waals surface area contributed by atoms with Crippen molar-refractivity contribution in [1.29, 1.82) is 0 Å². The third-order valence-corrected chi connectivity index (χ3v) is 4.33. The molecular formula is C21H22O7. The van der Waals surface area contributed by atoms with Gasteiger partial charge >= 0.3 is 17.6 Å². The summed E-state index contributed by atoms with van der Waals surface area (Å²) in [5.74, 6) is -0.595. The summed E-state index contributed by atoms with van der Waals surface area (Å²) >= 11 is 0. The fraction of sp³-hybridized carbons (Fsp3) is 0.381. The zero-order valence-electron chi connectivity index (χ0n) is 16.4. The Balaban J connectivity index is 2.08. The van der Waals surface area contributed by atoms with Gasteiger partial charge in [-0.25, -0.2) is 9.59 Å². The summed E-state index contributed by atoms with van der Waals surface area (Å²) in [5.41, 5.74) is 0.205. The van der Waals surface area contributed by atoms with Crippen LogP contribution < -0.4 is 10.4 Å². The van der Waals surface area contributed by atoms with Crippen LogP contribution in [-0.2, 0) is 19.1 Å². The van der Waals surface area contributed by atoms with E-state index in [1.54, 1.807) is 45.9 Å². The monoisotopic (exact) mass is 386 g/mol. The van der Waals surface area contributed by atoms with Crippen LogP contribution in [-0.4, -0.2) is 23.6 Å². The lowest BCUT2D eigenvalue weighted by Gasteiger charge is -2.33.